The van der Waals surface area contributed by atoms with E-state index in [0.717, 1.165) is 29.5 Å². The molecule has 44 heavy (non-hydrogen) atoms. The third-order valence-electron chi connectivity index (χ3n) is 8.17. The summed E-state index contributed by atoms with van der Waals surface area (Å²) >= 11 is 0. The van der Waals surface area contributed by atoms with E-state index in [0.29, 0.717) is 37.9 Å². The molecular formula is C35H45N3O6. The fraction of sp³-hybridized carbons (Fsp3) is 0.429. The molecule has 1 fully saturated rings. The van der Waals surface area contributed by atoms with Crippen LogP contribution in [0.15, 0.2) is 78.9 Å². The van der Waals surface area contributed by atoms with Crippen molar-refractivity contribution in [2.24, 2.45) is 0 Å². The molecule has 2 amide bonds. The van der Waals surface area contributed by atoms with Crippen LogP contribution < -0.4 is 10.8 Å². The summed E-state index contributed by atoms with van der Waals surface area (Å²) < 4.78 is 13.1. The number of anilines is 1. The maximum Gasteiger partial charge on any atom is 0.243 e. The van der Waals surface area contributed by atoms with Gasteiger partial charge in [-0.3, -0.25) is 19.7 Å². The van der Waals surface area contributed by atoms with Crippen LogP contribution in [0.25, 0.3) is 0 Å². The molecule has 3 aromatic rings. The Morgan fingerprint density at radius 3 is 2.27 bits per heavy atom. The van der Waals surface area contributed by atoms with Crippen LogP contribution >= 0.6 is 0 Å². The quantitative estimate of drug-likeness (QED) is 0.0927. The molecule has 9 heteroatoms. The van der Waals surface area contributed by atoms with E-state index in [2.05, 4.69) is 48.5 Å². The van der Waals surface area contributed by atoms with Crippen molar-refractivity contribution in [3.05, 3.63) is 101 Å². The van der Waals surface area contributed by atoms with Crippen molar-refractivity contribution in [1.29, 1.82) is 0 Å². The third-order valence-corrected chi connectivity index (χ3v) is 8.17. The highest BCUT2D eigenvalue weighted by molar-refractivity contribution is 5.90. The Morgan fingerprint density at radius 1 is 0.886 bits per heavy atom. The molecule has 9 nitrogen and oxygen atoms in total. The molecular weight excluding hydrogens is 558 g/mol. The Hall–Kier alpha value is -3.60. The van der Waals surface area contributed by atoms with Gasteiger partial charge in [0.15, 0.2) is 6.29 Å². The van der Waals surface area contributed by atoms with Crippen LogP contribution in [0.3, 0.4) is 0 Å². The van der Waals surface area contributed by atoms with E-state index in [-0.39, 0.29) is 43.1 Å². The molecule has 1 saturated heterocycles. The van der Waals surface area contributed by atoms with Crippen molar-refractivity contribution in [2.75, 3.05) is 18.9 Å². The zero-order chi connectivity index (χ0) is 31.3. The van der Waals surface area contributed by atoms with Crippen LogP contribution in [-0.4, -0.2) is 46.7 Å². The lowest BCUT2D eigenvalue weighted by Gasteiger charge is -2.39. The number of nitrogens with one attached hydrogen (secondary N) is 2. The van der Waals surface area contributed by atoms with Gasteiger partial charge in [-0.1, -0.05) is 79.6 Å². The number of unbranched alkanes of at least 4 members (excludes halogenated alkanes) is 3. The SMILES string of the molecule is CC(c1ccccc1)N(C)CC1CC(c2ccc(CO)cc2)OC(c2cccc(NC(=O)CCCCCCC(=O)NO)c2)O1. The van der Waals surface area contributed by atoms with E-state index in [1.165, 1.54) is 5.56 Å². The van der Waals surface area contributed by atoms with Gasteiger partial charge in [-0.15, -0.1) is 0 Å². The van der Waals surface area contributed by atoms with E-state index in [1.54, 1.807) is 5.48 Å². The summed E-state index contributed by atoms with van der Waals surface area (Å²) in [5.74, 6) is -0.462. The minimum absolute atomic E-state index is 0.00972. The number of aliphatic hydroxyl groups excluding tert-OH is 1. The second-order valence-corrected chi connectivity index (χ2v) is 11.5. The number of benzene rings is 3. The average Bonchev–Trinajstić information content (AvgIpc) is 3.06. The molecule has 0 aromatic heterocycles. The van der Waals surface area contributed by atoms with E-state index >= 15 is 0 Å². The Kier molecular flexibility index (Phi) is 12.9. The van der Waals surface area contributed by atoms with Crippen molar-refractivity contribution in [3.63, 3.8) is 0 Å². The highest BCUT2D eigenvalue weighted by Crippen LogP contribution is 2.39. The molecule has 4 rings (SSSR count). The Labute approximate surface area is 260 Å². The number of hydroxylamine groups is 1. The molecule has 236 valence electrons. The fourth-order valence-electron chi connectivity index (χ4n) is 5.47. The molecule has 4 N–H and O–H groups in total. The summed E-state index contributed by atoms with van der Waals surface area (Å²) in [7, 11) is 2.11. The number of rotatable bonds is 15. The predicted octanol–water partition coefficient (Wildman–Crippen LogP) is 6.20. The predicted molar refractivity (Wildman–Crippen MR) is 169 cm³/mol. The van der Waals surface area contributed by atoms with Crippen LogP contribution in [0.2, 0.25) is 0 Å². The molecule has 1 heterocycles. The van der Waals surface area contributed by atoms with Gasteiger partial charge in [0.1, 0.15) is 0 Å². The molecule has 0 bridgehead atoms. The third kappa shape index (κ3) is 9.97. The van der Waals surface area contributed by atoms with Crippen LogP contribution in [0, 0.1) is 0 Å². The second-order valence-electron chi connectivity index (χ2n) is 11.5. The maximum atomic E-state index is 12.6. The highest BCUT2D eigenvalue weighted by atomic mass is 16.7. The number of amides is 2. The fourth-order valence-corrected chi connectivity index (χ4v) is 5.47. The first-order valence-electron chi connectivity index (χ1n) is 15.4. The summed E-state index contributed by atoms with van der Waals surface area (Å²) in [6.45, 7) is 2.89. The molecule has 1 aliphatic heterocycles. The molecule has 1 aliphatic rings. The average molecular weight is 604 g/mol. The lowest BCUT2D eigenvalue weighted by Crippen LogP contribution is -2.38. The van der Waals surface area contributed by atoms with Gasteiger partial charge in [-0.05, 0) is 55.6 Å². The normalized spacial score (nSPS) is 19.0. The van der Waals surface area contributed by atoms with Gasteiger partial charge in [0, 0.05) is 43.1 Å². The van der Waals surface area contributed by atoms with Crippen molar-refractivity contribution < 1.29 is 29.4 Å². The molecule has 4 unspecified atom stereocenters. The van der Waals surface area contributed by atoms with Gasteiger partial charge < -0.3 is 19.9 Å². The minimum Gasteiger partial charge on any atom is -0.392 e. The van der Waals surface area contributed by atoms with Gasteiger partial charge in [0.05, 0.1) is 18.8 Å². The molecule has 3 aromatic carbocycles. The lowest BCUT2D eigenvalue weighted by atomic mass is 9.99. The molecule has 4 atom stereocenters. The zero-order valence-corrected chi connectivity index (χ0v) is 25.7. The smallest absolute Gasteiger partial charge is 0.243 e. The number of hydrogen-bond acceptors (Lipinski definition) is 7. The summed E-state index contributed by atoms with van der Waals surface area (Å²) in [5.41, 5.74) is 6.26. The standard InChI is InChI=1S/C35H45N3O6/c1-25(27-11-6-5-7-12-27)38(2)23-31-22-32(28-19-17-26(24-39)18-20-28)44-35(43-31)29-13-10-14-30(21-29)36-33(40)15-8-3-4-9-16-34(41)37-42/h5-7,10-14,17-21,25,31-32,35,39,42H,3-4,8-9,15-16,22-24H2,1-2H3,(H,36,40)(H,37,41). The monoisotopic (exact) mass is 603 g/mol. The number of aliphatic hydroxyl groups is 1. The van der Waals surface area contributed by atoms with Gasteiger partial charge in [0.25, 0.3) is 0 Å². The van der Waals surface area contributed by atoms with Gasteiger partial charge >= 0.3 is 0 Å². The molecule has 0 spiro atoms. The number of hydrogen-bond donors (Lipinski definition) is 4. The first-order chi connectivity index (χ1) is 21.4. The van der Waals surface area contributed by atoms with Crippen LogP contribution in [0.4, 0.5) is 5.69 Å². The Morgan fingerprint density at radius 2 is 1.59 bits per heavy atom. The Bertz CT molecular complexity index is 1320. The van der Waals surface area contributed by atoms with Crippen molar-refractivity contribution >= 4 is 17.5 Å². The number of carbonyl (C=O) groups is 2. The zero-order valence-electron chi connectivity index (χ0n) is 25.7. The van der Waals surface area contributed by atoms with Gasteiger partial charge in [-0.25, -0.2) is 5.48 Å². The van der Waals surface area contributed by atoms with Crippen LogP contribution in [0.1, 0.15) is 92.6 Å². The molecule has 0 aliphatic carbocycles. The molecule has 0 saturated carbocycles. The number of carbonyl (C=O) groups excluding carboxylic acids is 2. The minimum atomic E-state index is -0.621. The van der Waals surface area contributed by atoms with Crippen LogP contribution in [0.5, 0.6) is 0 Å². The topological polar surface area (TPSA) is 120 Å². The number of nitrogens with zero attached hydrogens (tertiary/aromatic N) is 1. The van der Waals surface area contributed by atoms with E-state index in [4.69, 9.17) is 14.7 Å². The van der Waals surface area contributed by atoms with E-state index < -0.39 is 6.29 Å². The van der Waals surface area contributed by atoms with E-state index in [1.807, 2.05) is 54.6 Å². The van der Waals surface area contributed by atoms with E-state index in [9.17, 15) is 14.7 Å². The summed E-state index contributed by atoms with van der Waals surface area (Å²) in [5, 5.41) is 21.1. The highest BCUT2D eigenvalue weighted by Gasteiger charge is 2.33. The maximum absolute atomic E-state index is 12.6. The van der Waals surface area contributed by atoms with Crippen molar-refractivity contribution in [1.82, 2.24) is 10.4 Å². The number of ether oxygens (including phenoxy) is 2. The summed E-state index contributed by atoms with van der Waals surface area (Å²) in [6, 6.07) is 26.1. The Balaban J connectivity index is 1.41. The van der Waals surface area contributed by atoms with Gasteiger partial charge in [0.2, 0.25) is 11.8 Å². The van der Waals surface area contributed by atoms with Crippen molar-refractivity contribution in [2.45, 2.75) is 83.0 Å². The second kappa shape index (κ2) is 17.0. The van der Waals surface area contributed by atoms with Crippen molar-refractivity contribution in [3.8, 4) is 0 Å². The summed E-state index contributed by atoms with van der Waals surface area (Å²) in [4.78, 5) is 26.0. The lowest BCUT2D eigenvalue weighted by molar-refractivity contribution is -0.253. The number of likely N-dealkylation sites (N-methyl/N-ethyl adjacent to an activating group) is 1. The molecule has 0 radical (unpaired) electrons. The summed E-state index contributed by atoms with van der Waals surface area (Å²) in [6.07, 6.45) is 3.45. The first kappa shape index (κ1) is 33.3. The van der Waals surface area contributed by atoms with Gasteiger partial charge in [-0.2, -0.15) is 0 Å². The van der Waals surface area contributed by atoms with Crippen LogP contribution in [-0.2, 0) is 25.7 Å². The largest absolute Gasteiger partial charge is 0.392 e. The first-order valence-corrected chi connectivity index (χ1v) is 15.4.